The van der Waals surface area contributed by atoms with Crippen LogP contribution in [0.15, 0.2) is 34.2 Å². The summed E-state index contributed by atoms with van der Waals surface area (Å²) in [6, 6.07) is 8.21. The molecule has 31 heavy (non-hydrogen) atoms. The summed E-state index contributed by atoms with van der Waals surface area (Å²) in [6.45, 7) is 12.5. The average molecular weight is 455 g/mol. The molecular formula is C22H26N6OS2. The monoisotopic (exact) mass is 454 g/mol. The second kappa shape index (κ2) is 7.80. The minimum Gasteiger partial charge on any atom is -0.335 e. The van der Waals surface area contributed by atoms with Crippen molar-refractivity contribution in [2.24, 2.45) is 0 Å². The predicted octanol–water partition coefficient (Wildman–Crippen LogP) is 4.72. The number of nitrogens with zero attached hydrogens (tertiary/aromatic N) is 4. The van der Waals surface area contributed by atoms with Gasteiger partial charge >= 0.3 is 0 Å². The van der Waals surface area contributed by atoms with Crippen LogP contribution in [0, 0.1) is 13.8 Å². The quantitative estimate of drug-likeness (QED) is 0.341. The number of thioether (sulfide) groups is 1. The van der Waals surface area contributed by atoms with E-state index in [4.69, 9.17) is 5.84 Å². The molecule has 0 aliphatic rings. The van der Waals surface area contributed by atoms with E-state index in [0.29, 0.717) is 22.2 Å². The van der Waals surface area contributed by atoms with Crippen molar-refractivity contribution in [1.82, 2.24) is 24.8 Å². The summed E-state index contributed by atoms with van der Waals surface area (Å²) in [7, 11) is 0. The fourth-order valence-electron chi connectivity index (χ4n) is 3.35. The molecule has 0 spiro atoms. The van der Waals surface area contributed by atoms with Crippen molar-refractivity contribution in [3.05, 3.63) is 56.4 Å². The van der Waals surface area contributed by atoms with E-state index in [2.05, 4.69) is 53.1 Å². The molecule has 9 heteroatoms. The highest BCUT2D eigenvalue weighted by Gasteiger charge is 2.20. The number of hydrogen-bond donors (Lipinski definition) is 2. The predicted molar refractivity (Wildman–Crippen MR) is 128 cm³/mol. The van der Waals surface area contributed by atoms with Gasteiger partial charge in [0.05, 0.1) is 10.6 Å². The number of H-pyrrole nitrogens is 1. The highest BCUT2D eigenvalue weighted by molar-refractivity contribution is 7.99. The smallest absolute Gasteiger partial charge is 0.259 e. The van der Waals surface area contributed by atoms with Crippen molar-refractivity contribution in [2.45, 2.75) is 57.4 Å². The number of benzene rings is 1. The molecule has 0 aliphatic carbocycles. The topological polar surface area (TPSA) is 102 Å². The first-order valence-corrected chi connectivity index (χ1v) is 11.7. The Bertz CT molecular complexity index is 1310. The fourth-order valence-corrected chi connectivity index (χ4v) is 5.22. The van der Waals surface area contributed by atoms with Gasteiger partial charge in [0.15, 0.2) is 5.82 Å². The molecular weight excluding hydrogens is 428 g/mol. The van der Waals surface area contributed by atoms with E-state index in [9.17, 15) is 4.79 Å². The van der Waals surface area contributed by atoms with Gasteiger partial charge in [-0.05, 0) is 37.3 Å². The number of nitrogens with one attached hydrogen (secondary N) is 1. The van der Waals surface area contributed by atoms with E-state index in [-0.39, 0.29) is 16.2 Å². The van der Waals surface area contributed by atoms with Crippen LogP contribution in [-0.2, 0) is 5.41 Å². The zero-order valence-electron chi connectivity index (χ0n) is 18.5. The Balaban J connectivity index is 1.60. The number of thiophene rings is 1. The molecule has 0 fully saturated rings. The molecule has 0 radical (unpaired) electrons. The van der Waals surface area contributed by atoms with Crippen LogP contribution in [0.25, 0.3) is 21.6 Å². The van der Waals surface area contributed by atoms with Crippen LogP contribution in [0.4, 0.5) is 0 Å². The van der Waals surface area contributed by atoms with Gasteiger partial charge in [-0.25, -0.2) is 9.66 Å². The number of nitrogens with two attached hydrogens (primary N) is 1. The summed E-state index contributed by atoms with van der Waals surface area (Å²) in [5.74, 6) is 7.50. The van der Waals surface area contributed by atoms with E-state index >= 15 is 0 Å². The van der Waals surface area contributed by atoms with Gasteiger partial charge in [0.25, 0.3) is 5.56 Å². The number of nitrogen functional groups attached to an aromatic ring is 1. The van der Waals surface area contributed by atoms with Crippen LogP contribution in [-0.4, -0.2) is 24.8 Å². The van der Waals surface area contributed by atoms with Gasteiger partial charge in [0, 0.05) is 10.4 Å². The summed E-state index contributed by atoms with van der Waals surface area (Å²) in [5, 5.41) is 9.63. The number of aryl methyl sites for hydroxylation is 2. The lowest BCUT2D eigenvalue weighted by Gasteiger charge is -2.19. The van der Waals surface area contributed by atoms with Crippen LogP contribution < -0.4 is 11.4 Å². The normalized spacial score (nSPS) is 13.1. The van der Waals surface area contributed by atoms with E-state index in [1.165, 1.54) is 33.3 Å². The molecule has 1 unspecified atom stereocenters. The Morgan fingerprint density at radius 1 is 1.16 bits per heavy atom. The van der Waals surface area contributed by atoms with Crippen molar-refractivity contribution >= 4 is 33.3 Å². The zero-order valence-corrected chi connectivity index (χ0v) is 20.1. The van der Waals surface area contributed by atoms with Crippen LogP contribution in [0.3, 0.4) is 0 Å². The first-order valence-electron chi connectivity index (χ1n) is 10.0. The molecule has 162 valence electrons. The molecule has 1 aromatic carbocycles. The van der Waals surface area contributed by atoms with Crippen molar-refractivity contribution in [3.63, 3.8) is 0 Å². The summed E-state index contributed by atoms with van der Waals surface area (Å²) in [6.07, 6.45) is 0. The van der Waals surface area contributed by atoms with Gasteiger partial charge in [-0.1, -0.05) is 56.8 Å². The van der Waals surface area contributed by atoms with Gasteiger partial charge in [0.2, 0.25) is 5.16 Å². The molecule has 7 nitrogen and oxygen atoms in total. The Labute approximate surface area is 189 Å². The van der Waals surface area contributed by atoms with Gasteiger partial charge in [0.1, 0.15) is 10.7 Å². The third-order valence-electron chi connectivity index (χ3n) is 5.40. The summed E-state index contributed by atoms with van der Waals surface area (Å²) < 4.78 is 1.49. The number of rotatable bonds is 4. The molecule has 0 saturated carbocycles. The lowest BCUT2D eigenvalue weighted by atomic mass is 9.87. The summed E-state index contributed by atoms with van der Waals surface area (Å²) in [4.78, 5) is 22.1. The molecule has 0 bridgehead atoms. The Hall–Kier alpha value is -2.65. The van der Waals surface area contributed by atoms with Crippen molar-refractivity contribution in [2.75, 3.05) is 5.84 Å². The van der Waals surface area contributed by atoms with Gasteiger partial charge in [-0.3, -0.25) is 4.79 Å². The molecule has 0 aliphatic heterocycles. The average Bonchev–Trinajstić information content (AvgIpc) is 3.21. The largest absolute Gasteiger partial charge is 0.335 e. The van der Waals surface area contributed by atoms with Gasteiger partial charge in [-0.15, -0.1) is 21.5 Å². The van der Waals surface area contributed by atoms with E-state index in [1.807, 2.05) is 32.9 Å². The number of aromatic nitrogens is 5. The SMILES string of the molecule is Cc1sc2nc(C(C)Sc3nnc(-c4ccc(C(C)(C)C)cc4)n3N)[nH]c(=O)c2c1C. The molecule has 3 aromatic heterocycles. The zero-order chi connectivity index (χ0) is 22.5. The fraction of sp³-hybridized carbons (Fsp3) is 0.364. The van der Waals surface area contributed by atoms with Crippen LogP contribution in [0.2, 0.25) is 0 Å². The maximum Gasteiger partial charge on any atom is 0.259 e. The third-order valence-corrected chi connectivity index (χ3v) is 7.57. The number of fused-ring (bicyclic) bond motifs is 1. The maximum atomic E-state index is 12.6. The molecule has 3 heterocycles. The van der Waals surface area contributed by atoms with Gasteiger partial charge in [-0.2, -0.15) is 0 Å². The van der Waals surface area contributed by atoms with E-state index in [0.717, 1.165) is 20.8 Å². The van der Waals surface area contributed by atoms with Crippen molar-refractivity contribution < 1.29 is 0 Å². The second-order valence-electron chi connectivity index (χ2n) is 8.68. The highest BCUT2D eigenvalue weighted by atomic mass is 32.2. The Morgan fingerprint density at radius 2 is 1.84 bits per heavy atom. The van der Waals surface area contributed by atoms with E-state index < -0.39 is 0 Å². The minimum atomic E-state index is -0.151. The van der Waals surface area contributed by atoms with Crippen LogP contribution in [0.5, 0.6) is 0 Å². The Morgan fingerprint density at radius 3 is 2.48 bits per heavy atom. The van der Waals surface area contributed by atoms with E-state index in [1.54, 1.807) is 0 Å². The molecule has 0 amide bonds. The Kier molecular flexibility index (Phi) is 5.43. The first-order chi connectivity index (χ1) is 14.6. The lowest BCUT2D eigenvalue weighted by molar-refractivity contribution is 0.590. The molecule has 3 N–H and O–H groups in total. The molecule has 4 rings (SSSR count). The molecule has 0 saturated heterocycles. The lowest BCUT2D eigenvalue weighted by Crippen LogP contribution is -2.14. The third kappa shape index (κ3) is 3.99. The maximum absolute atomic E-state index is 12.6. The standard InChI is InChI=1S/C22H26N6OS2/c1-11-12(2)30-20-16(11)19(29)24-17(25-20)13(3)31-21-27-26-18(28(21)23)14-7-9-15(10-8-14)22(4,5)6/h7-10,13H,23H2,1-6H3,(H,24,25,29). The van der Waals surface area contributed by atoms with Crippen molar-refractivity contribution in [3.8, 4) is 11.4 Å². The second-order valence-corrected chi connectivity index (χ2v) is 11.2. The molecule has 4 aromatic rings. The molecule has 1 atom stereocenters. The van der Waals surface area contributed by atoms with Crippen molar-refractivity contribution in [1.29, 1.82) is 0 Å². The van der Waals surface area contributed by atoms with Crippen LogP contribution in [0.1, 0.15) is 54.8 Å². The summed E-state index contributed by atoms with van der Waals surface area (Å²) >= 11 is 2.95. The summed E-state index contributed by atoms with van der Waals surface area (Å²) in [5.41, 5.74) is 3.11. The number of hydrogen-bond acceptors (Lipinski definition) is 7. The van der Waals surface area contributed by atoms with Gasteiger partial charge < -0.3 is 10.8 Å². The highest BCUT2D eigenvalue weighted by Crippen LogP contribution is 2.34. The minimum absolute atomic E-state index is 0.0794. The number of aromatic amines is 1. The van der Waals surface area contributed by atoms with Crippen LogP contribution >= 0.6 is 23.1 Å². The first kappa shape index (κ1) is 21.6.